The van der Waals surface area contributed by atoms with Gasteiger partial charge >= 0.3 is 5.97 Å². The first-order valence-corrected chi connectivity index (χ1v) is 8.12. The normalized spacial score (nSPS) is 10.2. The number of hydrogen-bond acceptors (Lipinski definition) is 6. The van der Waals surface area contributed by atoms with Gasteiger partial charge in [-0.1, -0.05) is 29.3 Å². The molecule has 23 heavy (non-hydrogen) atoms. The number of esters is 1. The molecule has 5 nitrogen and oxygen atoms in total. The van der Waals surface area contributed by atoms with Crippen LogP contribution in [0.15, 0.2) is 18.2 Å². The minimum absolute atomic E-state index is 0.0752. The number of nitrogens with two attached hydrogens (primary N) is 1. The molecule has 0 aliphatic carbocycles. The highest BCUT2D eigenvalue weighted by molar-refractivity contribution is 7.18. The molecule has 2 rings (SSSR count). The zero-order valence-corrected chi connectivity index (χ0v) is 14.4. The van der Waals surface area contributed by atoms with Crippen molar-refractivity contribution < 1.29 is 14.3 Å². The molecular formula is C15H12Cl2N2O3S. The van der Waals surface area contributed by atoms with Crippen molar-refractivity contribution in [3.8, 4) is 11.8 Å². The van der Waals surface area contributed by atoms with E-state index in [0.29, 0.717) is 15.6 Å². The van der Waals surface area contributed by atoms with Gasteiger partial charge in [-0.25, -0.2) is 4.79 Å². The average molecular weight is 371 g/mol. The van der Waals surface area contributed by atoms with Crippen LogP contribution in [0, 0.1) is 11.3 Å². The molecule has 0 amide bonds. The minimum atomic E-state index is -0.547. The van der Waals surface area contributed by atoms with Gasteiger partial charge in [-0.3, -0.25) is 0 Å². The first-order chi connectivity index (χ1) is 11.0. The number of nitriles is 1. The lowest BCUT2D eigenvalue weighted by molar-refractivity contribution is 0.0529. The van der Waals surface area contributed by atoms with Gasteiger partial charge in [0, 0.05) is 5.56 Å². The molecule has 0 bridgehead atoms. The van der Waals surface area contributed by atoms with Gasteiger partial charge in [0.05, 0.1) is 22.2 Å². The van der Waals surface area contributed by atoms with Gasteiger partial charge < -0.3 is 15.2 Å². The van der Waals surface area contributed by atoms with E-state index in [1.165, 1.54) is 0 Å². The van der Waals surface area contributed by atoms with E-state index in [0.717, 1.165) is 11.3 Å². The number of carbonyl (C=O) groups excluding carboxylic acids is 1. The van der Waals surface area contributed by atoms with Gasteiger partial charge in [0.25, 0.3) is 0 Å². The zero-order valence-electron chi connectivity index (χ0n) is 12.1. The molecule has 2 aromatic rings. The quantitative estimate of drug-likeness (QED) is 0.794. The Morgan fingerprint density at radius 1 is 1.39 bits per heavy atom. The number of thiophene rings is 1. The fourth-order valence-corrected chi connectivity index (χ4v) is 3.30. The molecule has 0 saturated heterocycles. The number of carbonyl (C=O) groups is 1. The maximum absolute atomic E-state index is 12.0. The van der Waals surface area contributed by atoms with Gasteiger partial charge in [0.15, 0.2) is 5.75 Å². The van der Waals surface area contributed by atoms with Crippen LogP contribution >= 0.6 is 34.5 Å². The Morgan fingerprint density at radius 2 is 2.04 bits per heavy atom. The van der Waals surface area contributed by atoms with E-state index < -0.39 is 5.97 Å². The van der Waals surface area contributed by atoms with E-state index >= 15 is 0 Å². The topological polar surface area (TPSA) is 85.3 Å². The third kappa shape index (κ3) is 3.70. The summed E-state index contributed by atoms with van der Waals surface area (Å²) in [6, 6.07) is 6.92. The highest BCUT2D eigenvalue weighted by Gasteiger charge is 2.23. The highest BCUT2D eigenvalue weighted by Crippen LogP contribution is 2.36. The van der Waals surface area contributed by atoms with Gasteiger partial charge in [0.1, 0.15) is 22.6 Å². The molecule has 0 saturated carbocycles. The molecule has 0 fully saturated rings. The van der Waals surface area contributed by atoms with Crippen LogP contribution in [-0.2, 0) is 11.3 Å². The fraction of sp³-hybridized carbons (Fsp3) is 0.200. The summed E-state index contributed by atoms with van der Waals surface area (Å²) in [4.78, 5) is 12.2. The van der Waals surface area contributed by atoms with Crippen molar-refractivity contribution in [1.82, 2.24) is 0 Å². The summed E-state index contributed by atoms with van der Waals surface area (Å²) in [6.45, 7) is 1.84. The number of rotatable bonds is 5. The third-order valence-electron chi connectivity index (χ3n) is 2.89. The third-order valence-corrected chi connectivity index (χ3v) is 4.52. The maximum atomic E-state index is 12.0. The van der Waals surface area contributed by atoms with E-state index in [4.69, 9.17) is 38.4 Å². The number of benzene rings is 1. The fourth-order valence-electron chi connectivity index (χ4n) is 1.87. The smallest absolute Gasteiger partial charge is 0.348 e. The lowest BCUT2D eigenvalue weighted by atomic mass is 10.1. The van der Waals surface area contributed by atoms with Gasteiger partial charge in [-0.05, 0) is 19.1 Å². The molecule has 1 aromatic heterocycles. The van der Waals surface area contributed by atoms with Crippen molar-refractivity contribution in [3.05, 3.63) is 44.2 Å². The van der Waals surface area contributed by atoms with Crippen LogP contribution in [0.1, 0.15) is 27.7 Å². The second-order valence-corrected chi connectivity index (χ2v) is 6.19. The number of nitrogen functional groups attached to an aromatic ring is 1. The Kier molecular flexibility index (Phi) is 5.72. The second kappa shape index (κ2) is 7.55. The van der Waals surface area contributed by atoms with Crippen molar-refractivity contribution in [3.63, 3.8) is 0 Å². The molecule has 1 heterocycles. The summed E-state index contributed by atoms with van der Waals surface area (Å²) < 4.78 is 10.6. The Balaban J connectivity index is 2.35. The van der Waals surface area contributed by atoms with Gasteiger partial charge in [0.2, 0.25) is 0 Å². The number of halogens is 2. The van der Waals surface area contributed by atoms with E-state index in [2.05, 4.69) is 0 Å². The monoisotopic (exact) mass is 370 g/mol. The first-order valence-electron chi connectivity index (χ1n) is 6.54. The van der Waals surface area contributed by atoms with Crippen LogP contribution in [0.25, 0.3) is 0 Å². The number of para-hydroxylation sites is 1. The van der Waals surface area contributed by atoms with Crippen LogP contribution < -0.4 is 10.5 Å². The minimum Gasteiger partial charge on any atom is -0.486 e. The predicted molar refractivity (Wildman–Crippen MR) is 90.2 cm³/mol. The molecular weight excluding hydrogens is 359 g/mol. The first kappa shape index (κ1) is 17.4. The van der Waals surface area contributed by atoms with Gasteiger partial charge in [-0.15, -0.1) is 11.3 Å². The molecule has 0 aliphatic rings. The van der Waals surface area contributed by atoms with Crippen molar-refractivity contribution in [2.45, 2.75) is 13.5 Å². The summed E-state index contributed by atoms with van der Waals surface area (Å²) in [5, 5.41) is 10.1. The van der Waals surface area contributed by atoms with Gasteiger partial charge in [-0.2, -0.15) is 5.26 Å². The zero-order chi connectivity index (χ0) is 17.0. The summed E-state index contributed by atoms with van der Waals surface area (Å²) in [5.41, 5.74) is 6.36. The lowest BCUT2D eigenvalue weighted by Gasteiger charge is -2.10. The average Bonchev–Trinajstić information content (AvgIpc) is 2.83. The number of hydrogen-bond donors (Lipinski definition) is 1. The van der Waals surface area contributed by atoms with E-state index in [-0.39, 0.29) is 34.4 Å². The van der Waals surface area contributed by atoms with E-state index in [1.807, 2.05) is 6.07 Å². The molecule has 0 radical (unpaired) electrons. The Morgan fingerprint density at radius 3 is 2.61 bits per heavy atom. The van der Waals surface area contributed by atoms with Crippen LogP contribution in [0.3, 0.4) is 0 Å². The number of ether oxygens (including phenoxy) is 2. The van der Waals surface area contributed by atoms with Crippen molar-refractivity contribution in [2.75, 3.05) is 12.3 Å². The van der Waals surface area contributed by atoms with E-state index in [1.54, 1.807) is 25.1 Å². The van der Waals surface area contributed by atoms with Crippen LogP contribution in [-0.4, -0.2) is 12.6 Å². The molecule has 0 unspecified atom stereocenters. The number of nitrogens with zero attached hydrogens (tertiary/aromatic N) is 1. The highest BCUT2D eigenvalue weighted by atomic mass is 35.5. The molecule has 2 N–H and O–H groups in total. The van der Waals surface area contributed by atoms with Crippen molar-refractivity contribution >= 4 is 45.5 Å². The van der Waals surface area contributed by atoms with Crippen LogP contribution in [0.4, 0.5) is 5.00 Å². The standard InChI is InChI=1S/C15H12Cl2N2O3S/c1-2-21-15(20)13-9(8(6-18)14(19)23-13)7-22-12-10(16)4-3-5-11(12)17/h3-5H,2,7,19H2,1H3. The van der Waals surface area contributed by atoms with Crippen molar-refractivity contribution in [1.29, 1.82) is 5.26 Å². The molecule has 8 heteroatoms. The van der Waals surface area contributed by atoms with Crippen LogP contribution in [0.5, 0.6) is 5.75 Å². The Hall–Kier alpha value is -1.94. The van der Waals surface area contributed by atoms with Crippen molar-refractivity contribution in [2.24, 2.45) is 0 Å². The SMILES string of the molecule is CCOC(=O)c1sc(N)c(C#N)c1COc1c(Cl)cccc1Cl. The summed E-state index contributed by atoms with van der Waals surface area (Å²) in [5.74, 6) is -0.270. The maximum Gasteiger partial charge on any atom is 0.348 e. The molecule has 1 aromatic carbocycles. The Bertz CT molecular complexity index is 764. The number of anilines is 1. The molecule has 0 aliphatic heterocycles. The van der Waals surface area contributed by atoms with Crippen LogP contribution in [0.2, 0.25) is 10.0 Å². The Labute approximate surface area is 147 Å². The second-order valence-electron chi connectivity index (χ2n) is 4.32. The molecule has 0 spiro atoms. The predicted octanol–water partition coefficient (Wildman–Crippen LogP) is 4.26. The van der Waals surface area contributed by atoms with E-state index in [9.17, 15) is 10.1 Å². The lowest BCUT2D eigenvalue weighted by Crippen LogP contribution is -2.08. The summed E-state index contributed by atoms with van der Waals surface area (Å²) in [6.07, 6.45) is 0. The summed E-state index contributed by atoms with van der Waals surface area (Å²) >= 11 is 13.1. The molecule has 120 valence electrons. The largest absolute Gasteiger partial charge is 0.486 e. The molecule has 0 atom stereocenters. The summed E-state index contributed by atoms with van der Waals surface area (Å²) in [7, 11) is 0.